The van der Waals surface area contributed by atoms with Gasteiger partial charge in [0.15, 0.2) is 0 Å². The molecular formula is C17H28BrNO. The third-order valence-electron chi connectivity index (χ3n) is 3.62. The molecule has 0 aliphatic rings. The molecule has 20 heavy (non-hydrogen) atoms. The quantitative estimate of drug-likeness (QED) is 0.635. The molecule has 0 saturated carbocycles. The lowest BCUT2D eigenvalue weighted by molar-refractivity contribution is 0.230. The summed E-state index contributed by atoms with van der Waals surface area (Å²) in [6.07, 6.45) is 5.01. The van der Waals surface area contributed by atoms with Gasteiger partial charge in [-0.2, -0.15) is 0 Å². The van der Waals surface area contributed by atoms with Gasteiger partial charge in [-0.3, -0.25) is 0 Å². The molecule has 0 saturated heterocycles. The van der Waals surface area contributed by atoms with Gasteiger partial charge in [-0.15, -0.1) is 0 Å². The first-order valence-corrected chi connectivity index (χ1v) is 8.63. The maximum absolute atomic E-state index is 6.13. The molecule has 1 atom stereocenters. The Hall–Kier alpha value is -0.540. The summed E-state index contributed by atoms with van der Waals surface area (Å²) in [6.45, 7) is 9.27. The fourth-order valence-corrected chi connectivity index (χ4v) is 2.74. The number of nitrogens with one attached hydrogen (secondary N) is 1. The largest absolute Gasteiger partial charge is 0.492 e. The molecule has 0 amide bonds. The number of benzene rings is 1. The van der Waals surface area contributed by atoms with Crippen LogP contribution < -0.4 is 10.1 Å². The van der Waals surface area contributed by atoms with E-state index in [0.29, 0.717) is 5.92 Å². The summed E-state index contributed by atoms with van der Waals surface area (Å²) in [5.41, 5.74) is 1.23. The van der Waals surface area contributed by atoms with E-state index >= 15 is 0 Å². The molecule has 0 heterocycles. The minimum Gasteiger partial charge on any atom is -0.492 e. The van der Waals surface area contributed by atoms with E-state index in [-0.39, 0.29) is 0 Å². The van der Waals surface area contributed by atoms with Gasteiger partial charge < -0.3 is 10.1 Å². The van der Waals surface area contributed by atoms with Gasteiger partial charge in [0.25, 0.3) is 0 Å². The maximum atomic E-state index is 6.13. The van der Waals surface area contributed by atoms with Crippen molar-refractivity contribution in [2.75, 3.05) is 13.2 Å². The molecule has 0 aliphatic heterocycles. The van der Waals surface area contributed by atoms with Crippen LogP contribution in [0.5, 0.6) is 5.75 Å². The van der Waals surface area contributed by atoms with Crippen molar-refractivity contribution in [1.29, 1.82) is 0 Å². The summed E-state index contributed by atoms with van der Waals surface area (Å²) >= 11 is 3.61. The van der Waals surface area contributed by atoms with E-state index in [9.17, 15) is 0 Å². The minimum absolute atomic E-state index is 0.661. The molecule has 1 aromatic carbocycles. The lowest BCUT2D eigenvalue weighted by Gasteiger charge is -2.18. The highest BCUT2D eigenvalue weighted by Crippen LogP contribution is 2.30. The van der Waals surface area contributed by atoms with Crippen LogP contribution in [0, 0.1) is 5.92 Å². The van der Waals surface area contributed by atoms with Crippen molar-refractivity contribution in [1.82, 2.24) is 5.32 Å². The summed E-state index contributed by atoms with van der Waals surface area (Å²) in [5.74, 6) is 1.66. The Morgan fingerprint density at radius 2 is 2.05 bits per heavy atom. The molecule has 0 aliphatic carbocycles. The number of rotatable bonds is 10. The van der Waals surface area contributed by atoms with Crippen molar-refractivity contribution < 1.29 is 4.74 Å². The Balaban J connectivity index is 2.64. The minimum atomic E-state index is 0.661. The average Bonchev–Trinajstić information content (AvgIpc) is 2.47. The third-order valence-corrected chi connectivity index (χ3v) is 4.25. The molecule has 0 spiro atoms. The van der Waals surface area contributed by atoms with Crippen molar-refractivity contribution in [2.24, 2.45) is 5.92 Å². The first-order chi connectivity index (χ1) is 9.72. The molecule has 114 valence electrons. The van der Waals surface area contributed by atoms with E-state index in [2.05, 4.69) is 60.2 Å². The highest BCUT2D eigenvalue weighted by molar-refractivity contribution is 9.10. The van der Waals surface area contributed by atoms with Gasteiger partial charge in [0.05, 0.1) is 11.1 Å². The fourth-order valence-electron chi connectivity index (χ4n) is 2.21. The van der Waals surface area contributed by atoms with Crippen LogP contribution >= 0.6 is 15.9 Å². The zero-order chi connectivity index (χ0) is 14.8. The van der Waals surface area contributed by atoms with Gasteiger partial charge >= 0.3 is 0 Å². The van der Waals surface area contributed by atoms with Crippen LogP contribution in [0.1, 0.15) is 52.0 Å². The Morgan fingerprint density at radius 3 is 2.70 bits per heavy atom. The summed E-state index contributed by atoms with van der Waals surface area (Å²) in [6, 6.07) is 6.26. The lowest BCUT2D eigenvalue weighted by Crippen LogP contribution is -2.15. The molecule has 0 radical (unpaired) electrons. The SMILES string of the molecule is CCCCC(CC)COc1c(Br)cccc1CNCC. The second-order valence-electron chi connectivity index (χ2n) is 5.24. The number of ether oxygens (including phenoxy) is 1. The zero-order valence-electron chi connectivity index (χ0n) is 13.0. The second-order valence-corrected chi connectivity index (χ2v) is 6.09. The highest BCUT2D eigenvalue weighted by Gasteiger charge is 2.11. The van der Waals surface area contributed by atoms with Gasteiger partial charge in [0.1, 0.15) is 5.75 Å². The van der Waals surface area contributed by atoms with Crippen molar-refractivity contribution >= 4 is 15.9 Å². The van der Waals surface area contributed by atoms with Crippen LogP contribution in [0.15, 0.2) is 22.7 Å². The van der Waals surface area contributed by atoms with E-state index in [0.717, 1.165) is 29.9 Å². The average molecular weight is 342 g/mol. The molecule has 0 aromatic heterocycles. The standard InChI is InChI=1S/C17H28BrNO/c1-4-7-9-14(5-2)13-20-17-15(12-19-6-3)10-8-11-16(17)18/h8,10-11,14,19H,4-7,9,12-13H2,1-3H3. The summed E-state index contributed by atoms with van der Waals surface area (Å²) in [5, 5.41) is 3.37. The first kappa shape index (κ1) is 17.5. The molecule has 0 bridgehead atoms. The fraction of sp³-hybridized carbons (Fsp3) is 0.647. The van der Waals surface area contributed by atoms with Crippen LogP contribution in [0.3, 0.4) is 0 Å². The van der Waals surface area contributed by atoms with E-state index in [1.54, 1.807) is 0 Å². The predicted octanol–water partition coefficient (Wildman–Crippen LogP) is 5.15. The molecule has 1 unspecified atom stereocenters. The maximum Gasteiger partial charge on any atom is 0.137 e. The number of hydrogen-bond donors (Lipinski definition) is 1. The van der Waals surface area contributed by atoms with E-state index < -0.39 is 0 Å². The number of halogens is 1. The van der Waals surface area contributed by atoms with E-state index in [1.165, 1.54) is 31.2 Å². The molecule has 1 aromatic rings. The Morgan fingerprint density at radius 1 is 1.25 bits per heavy atom. The number of hydrogen-bond acceptors (Lipinski definition) is 2. The zero-order valence-corrected chi connectivity index (χ0v) is 14.6. The summed E-state index contributed by atoms with van der Waals surface area (Å²) in [7, 11) is 0. The molecule has 1 rings (SSSR count). The van der Waals surface area contributed by atoms with Gasteiger partial charge in [-0.05, 0) is 40.9 Å². The number of para-hydroxylation sites is 1. The van der Waals surface area contributed by atoms with E-state index in [4.69, 9.17) is 4.74 Å². The third kappa shape index (κ3) is 5.84. The van der Waals surface area contributed by atoms with Gasteiger partial charge in [0, 0.05) is 12.1 Å². The smallest absolute Gasteiger partial charge is 0.137 e. The summed E-state index contributed by atoms with van der Waals surface area (Å²) < 4.78 is 7.18. The summed E-state index contributed by atoms with van der Waals surface area (Å²) in [4.78, 5) is 0. The van der Waals surface area contributed by atoms with Crippen molar-refractivity contribution in [3.05, 3.63) is 28.2 Å². The molecule has 3 heteroatoms. The van der Waals surface area contributed by atoms with Crippen LogP contribution in [0.2, 0.25) is 0 Å². The Kier molecular flexibility index (Phi) is 8.95. The van der Waals surface area contributed by atoms with Crippen LogP contribution in [0.4, 0.5) is 0 Å². The molecule has 0 fully saturated rings. The normalized spacial score (nSPS) is 12.4. The highest BCUT2D eigenvalue weighted by atomic mass is 79.9. The van der Waals surface area contributed by atoms with Gasteiger partial charge in [0.2, 0.25) is 0 Å². The van der Waals surface area contributed by atoms with E-state index in [1.807, 2.05) is 0 Å². The van der Waals surface area contributed by atoms with Crippen molar-refractivity contribution in [2.45, 2.75) is 53.0 Å². The van der Waals surface area contributed by atoms with Crippen molar-refractivity contribution in [3.63, 3.8) is 0 Å². The second kappa shape index (κ2) is 10.2. The predicted molar refractivity (Wildman–Crippen MR) is 90.3 cm³/mol. The monoisotopic (exact) mass is 341 g/mol. The molecule has 2 nitrogen and oxygen atoms in total. The van der Waals surface area contributed by atoms with Crippen molar-refractivity contribution in [3.8, 4) is 5.75 Å². The number of unbranched alkanes of at least 4 members (excludes halogenated alkanes) is 1. The molecule has 1 N–H and O–H groups in total. The first-order valence-electron chi connectivity index (χ1n) is 7.83. The van der Waals surface area contributed by atoms with Gasteiger partial charge in [-0.1, -0.05) is 52.2 Å². The Bertz CT molecular complexity index is 381. The lowest BCUT2D eigenvalue weighted by atomic mass is 10.0. The molecular weight excluding hydrogens is 314 g/mol. The van der Waals surface area contributed by atoms with Crippen LogP contribution in [-0.4, -0.2) is 13.2 Å². The van der Waals surface area contributed by atoms with Crippen LogP contribution in [0.25, 0.3) is 0 Å². The van der Waals surface area contributed by atoms with Gasteiger partial charge in [-0.25, -0.2) is 0 Å². The topological polar surface area (TPSA) is 21.3 Å². The van der Waals surface area contributed by atoms with Crippen LogP contribution in [-0.2, 0) is 6.54 Å². The Labute approximate surface area is 132 Å².